The zero-order valence-electron chi connectivity index (χ0n) is 14.6. The Bertz CT molecular complexity index is 861. The van der Waals surface area contributed by atoms with Gasteiger partial charge in [0.05, 0.1) is 0 Å². The van der Waals surface area contributed by atoms with Crippen LogP contribution in [0.25, 0.3) is 10.8 Å². The average Bonchev–Trinajstić information content (AvgIpc) is 2.62. The maximum atomic E-state index is 11.7. The third-order valence-electron chi connectivity index (χ3n) is 4.85. The number of rotatable bonds is 3. The van der Waals surface area contributed by atoms with E-state index in [1.54, 1.807) is 0 Å². The second-order valence-corrected chi connectivity index (χ2v) is 6.65. The van der Waals surface area contributed by atoms with Gasteiger partial charge in [0, 0.05) is 37.1 Å². The monoisotopic (exact) mass is 356 g/mol. The number of fused-ring (bicyclic) bond motifs is 6. The SMILES string of the molecule is CC(=O)OC[C@H]1O[C@H]2C[C@H](c3ccc4ccccc4c3O2)[C@@H]1OC(C)=O. The highest BCUT2D eigenvalue weighted by molar-refractivity contribution is 5.90. The molecule has 1 saturated heterocycles. The molecule has 4 rings (SSSR count). The van der Waals surface area contributed by atoms with Crippen molar-refractivity contribution in [3.8, 4) is 5.75 Å². The van der Waals surface area contributed by atoms with Crippen molar-refractivity contribution < 1.29 is 28.5 Å². The lowest BCUT2D eigenvalue weighted by Crippen LogP contribution is -2.51. The fraction of sp³-hybridized carbons (Fsp3) is 0.400. The smallest absolute Gasteiger partial charge is 0.303 e. The summed E-state index contributed by atoms with van der Waals surface area (Å²) in [6.07, 6.45) is -0.983. The molecule has 0 aromatic heterocycles. The van der Waals surface area contributed by atoms with Gasteiger partial charge in [-0.15, -0.1) is 0 Å². The van der Waals surface area contributed by atoms with Crippen LogP contribution in [0.15, 0.2) is 36.4 Å². The Kier molecular flexibility index (Phi) is 4.28. The summed E-state index contributed by atoms with van der Waals surface area (Å²) in [5.74, 6) is -0.101. The molecule has 136 valence electrons. The lowest BCUT2D eigenvalue weighted by atomic mass is 9.82. The largest absolute Gasteiger partial charge is 0.464 e. The first-order chi connectivity index (χ1) is 12.5. The average molecular weight is 356 g/mol. The summed E-state index contributed by atoms with van der Waals surface area (Å²) in [7, 11) is 0. The highest BCUT2D eigenvalue weighted by atomic mass is 16.7. The van der Waals surface area contributed by atoms with E-state index in [1.807, 2.05) is 36.4 Å². The van der Waals surface area contributed by atoms with Crippen molar-refractivity contribution in [1.29, 1.82) is 0 Å². The van der Waals surface area contributed by atoms with Gasteiger partial charge >= 0.3 is 11.9 Å². The topological polar surface area (TPSA) is 71.1 Å². The summed E-state index contributed by atoms with van der Waals surface area (Å²) >= 11 is 0. The van der Waals surface area contributed by atoms with Crippen LogP contribution >= 0.6 is 0 Å². The van der Waals surface area contributed by atoms with Crippen LogP contribution in [0, 0.1) is 0 Å². The van der Waals surface area contributed by atoms with Crippen LogP contribution in [0.3, 0.4) is 0 Å². The number of hydrogen-bond donors (Lipinski definition) is 0. The lowest BCUT2D eigenvalue weighted by Gasteiger charge is -2.44. The molecule has 1 fully saturated rings. The molecule has 0 radical (unpaired) electrons. The molecule has 6 heteroatoms. The molecular formula is C20H20O6. The van der Waals surface area contributed by atoms with Gasteiger partial charge in [-0.3, -0.25) is 9.59 Å². The normalized spacial score (nSPS) is 26.5. The van der Waals surface area contributed by atoms with Crippen LogP contribution in [-0.2, 0) is 23.8 Å². The highest BCUT2D eigenvalue weighted by Gasteiger charge is 2.47. The second-order valence-electron chi connectivity index (χ2n) is 6.65. The van der Waals surface area contributed by atoms with Crippen molar-refractivity contribution in [3.05, 3.63) is 42.0 Å². The van der Waals surface area contributed by atoms with E-state index in [4.69, 9.17) is 18.9 Å². The zero-order chi connectivity index (χ0) is 18.3. The fourth-order valence-corrected chi connectivity index (χ4v) is 3.81. The van der Waals surface area contributed by atoms with E-state index >= 15 is 0 Å². The minimum Gasteiger partial charge on any atom is -0.464 e. The van der Waals surface area contributed by atoms with Gasteiger partial charge in [-0.05, 0) is 5.39 Å². The molecule has 26 heavy (non-hydrogen) atoms. The summed E-state index contributed by atoms with van der Waals surface area (Å²) in [4.78, 5) is 22.9. The Morgan fingerprint density at radius 3 is 2.69 bits per heavy atom. The van der Waals surface area contributed by atoms with Gasteiger partial charge in [0.25, 0.3) is 0 Å². The van der Waals surface area contributed by atoms with Crippen LogP contribution in [0.5, 0.6) is 5.75 Å². The van der Waals surface area contributed by atoms with Gasteiger partial charge in [0.2, 0.25) is 6.29 Å². The predicted molar refractivity (Wildman–Crippen MR) is 92.8 cm³/mol. The molecule has 0 spiro atoms. The molecule has 0 unspecified atom stereocenters. The van der Waals surface area contributed by atoms with Crippen LogP contribution in [-0.4, -0.2) is 37.0 Å². The third-order valence-corrected chi connectivity index (χ3v) is 4.85. The van der Waals surface area contributed by atoms with E-state index in [-0.39, 0.29) is 12.5 Å². The van der Waals surface area contributed by atoms with E-state index in [0.29, 0.717) is 6.42 Å². The van der Waals surface area contributed by atoms with Gasteiger partial charge in [0.1, 0.15) is 24.6 Å². The van der Waals surface area contributed by atoms with E-state index in [1.165, 1.54) is 13.8 Å². The summed E-state index contributed by atoms with van der Waals surface area (Å²) in [5, 5.41) is 2.08. The third kappa shape index (κ3) is 3.01. The lowest BCUT2D eigenvalue weighted by molar-refractivity contribution is -0.225. The van der Waals surface area contributed by atoms with Crippen molar-refractivity contribution in [3.63, 3.8) is 0 Å². The van der Waals surface area contributed by atoms with Gasteiger partial charge in [0.15, 0.2) is 0 Å². The second kappa shape index (κ2) is 6.61. The van der Waals surface area contributed by atoms with E-state index in [2.05, 4.69) is 0 Å². The Labute approximate surface area is 151 Å². The Balaban J connectivity index is 1.74. The standard InChI is InChI=1S/C20H20O6/c1-11(21)23-10-17-20(24-12(2)22)16-9-18(25-17)26-19-14-6-4-3-5-13(14)7-8-15(16)19/h3-8,16-18,20H,9-10H2,1-2H3/t16-,17-,18-,20+/m1/s1. The summed E-state index contributed by atoms with van der Waals surface area (Å²) in [5.41, 5.74) is 0.988. The van der Waals surface area contributed by atoms with Crippen LogP contribution in [0.1, 0.15) is 31.7 Å². The number of ether oxygens (including phenoxy) is 4. The number of carbonyl (C=O) groups excluding carboxylic acids is 2. The van der Waals surface area contributed by atoms with Crippen molar-refractivity contribution in [2.75, 3.05) is 6.61 Å². The molecule has 2 aliphatic heterocycles. The quantitative estimate of drug-likeness (QED) is 0.788. The van der Waals surface area contributed by atoms with E-state index < -0.39 is 30.4 Å². The summed E-state index contributed by atoms with van der Waals surface area (Å²) in [6, 6.07) is 12.0. The molecule has 2 heterocycles. The van der Waals surface area contributed by atoms with Crippen molar-refractivity contribution in [2.24, 2.45) is 0 Å². The summed E-state index contributed by atoms with van der Waals surface area (Å²) in [6.45, 7) is 2.73. The number of benzene rings is 2. The number of hydrogen-bond acceptors (Lipinski definition) is 6. The molecule has 6 nitrogen and oxygen atoms in total. The first-order valence-electron chi connectivity index (χ1n) is 8.67. The maximum Gasteiger partial charge on any atom is 0.303 e. The molecule has 0 aliphatic carbocycles. The highest BCUT2D eigenvalue weighted by Crippen LogP contribution is 2.47. The Morgan fingerprint density at radius 2 is 1.92 bits per heavy atom. The molecule has 2 aromatic carbocycles. The first kappa shape index (κ1) is 16.8. The molecule has 4 atom stereocenters. The van der Waals surface area contributed by atoms with E-state index in [0.717, 1.165) is 22.1 Å². The van der Waals surface area contributed by atoms with Crippen LogP contribution in [0.2, 0.25) is 0 Å². The van der Waals surface area contributed by atoms with Crippen LogP contribution < -0.4 is 4.74 Å². The molecule has 0 N–H and O–H groups in total. The van der Waals surface area contributed by atoms with Gasteiger partial charge in [-0.2, -0.15) is 0 Å². The van der Waals surface area contributed by atoms with Crippen molar-refractivity contribution >= 4 is 22.7 Å². The minimum atomic E-state index is -0.564. The van der Waals surface area contributed by atoms with Gasteiger partial charge < -0.3 is 18.9 Å². The summed E-state index contributed by atoms with van der Waals surface area (Å²) < 4.78 is 22.7. The maximum absolute atomic E-state index is 11.7. The van der Waals surface area contributed by atoms with Gasteiger partial charge in [-0.1, -0.05) is 36.4 Å². The van der Waals surface area contributed by atoms with E-state index in [9.17, 15) is 9.59 Å². The molecule has 2 aromatic rings. The molecule has 0 saturated carbocycles. The number of carbonyl (C=O) groups is 2. The zero-order valence-corrected chi connectivity index (χ0v) is 14.6. The molecule has 2 aliphatic rings. The Morgan fingerprint density at radius 1 is 1.12 bits per heavy atom. The Hall–Kier alpha value is -2.60. The first-order valence-corrected chi connectivity index (χ1v) is 8.67. The minimum absolute atomic E-state index is 0.0204. The molecular weight excluding hydrogens is 336 g/mol. The van der Waals surface area contributed by atoms with Crippen LogP contribution in [0.4, 0.5) is 0 Å². The predicted octanol–water partition coefficient (Wildman–Crippen LogP) is 2.93. The van der Waals surface area contributed by atoms with Crippen molar-refractivity contribution in [2.45, 2.75) is 44.7 Å². The number of esters is 2. The molecule has 0 amide bonds. The van der Waals surface area contributed by atoms with Crippen molar-refractivity contribution in [1.82, 2.24) is 0 Å². The fourth-order valence-electron chi connectivity index (χ4n) is 3.81. The molecule has 2 bridgehead atoms. The van der Waals surface area contributed by atoms with Gasteiger partial charge in [-0.25, -0.2) is 0 Å².